The third-order valence-corrected chi connectivity index (χ3v) is 4.06. The van der Waals surface area contributed by atoms with Gasteiger partial charge < -0.3 is 15.4 Å². The highest BCUT2D eigenvalue weighted by atomic mass is 35.5. The van der Waals surface area contributed by atoms with E-state index in [0.29, 0.717) is 40.1 Å². The summed E-state index contributed by atoms with van der Waals surface area (Å²) in [6, 6.07) is 11.9. The fraction of sp³-hybridized carbons (Fsp3) is 0.300. The highest BCUT2D eigenvalue weighted by Crippen LogP contribution is 2.27. The summed E-state index contributed by atoms with van der Waals surface area (Å²) in [6.07, 6.45) is 0.811. The van der Waals surface area contributed by atoms with E-state index in [1.807, 2.05) is 13.8 Å². The van der Waals surface area contributed by atoms with Gasteiger partial charge in [0.1, 0.15) is 5.75 Å². The van der Waals surface area contributed by atoms with Gasteiger partial charge in [0.2, 0.25) is 5.91 Å². The van der Waals surface area contributed by atoms with E-state index in [9.17, 15) is 9.59 Å². The topological polar surface area (TPSA) is 67.4 Å². The molecule has 0 heterocycles. The average Bonchev–Trinajstić information content (AvgIpc) is 2.60. The Kier molecular flexibility index (Phi) is 7.95. The van der Waals surface area contributed by atoms with E-state index >= 15 is 0 Å². The van der Waals surface area contributed by atoms with E-state index in [4.69, 9.17) is 27.9 Å². The maximum atomic E-state index is 12.1. The van der Waals surface area contributed by atoms with Crippen LogP contribution in [0.3, 0.4) is 0 Å². The second kappa shape index (κ2) is 10.2. The molecule has 2 aromatic rings. The lowest BCUT2D eigenvalue weighted by atomic mass is 10.1. The van der Waals surface area contributed by atoms with Crippen LogP contribution < -0.4 is 15.4 Å². The van der Waals surface area contributed by atoms with Crippen molar-refractivity contribution in [3.63, 3.8) is 0 Å². The zero-order valence-electron chi connectivity index (χ0n) is 15.2. The van der Waals surface area contributed by atoms with Crippen molar-refractivity contribution in [2.45, 2.75) is 32.7 Å². The lowest BCUT2D eigenvalue weighted by Gasteiger charge is -2.11. The smallest absolute Gasteiger partial charge is 0.251 e. The van der Waals surface area contributed by atoms with Gasteiger partial charge in [-0.15, -0.1) is 0 Å². The number of hydrogen-bond acceptors (Lipinski definition) is 3. The minimum atomic E-state index is -0.172. The van der Waals surface area contributed by atoms with Crippen LogP contribution in [0.15, 0.2) is 42.5 Å². The lowest BCUT2D eigenvalue weighted by molar-refractivity contribution is -0.116. The number of halogens is 2. The summed E-state index contributed by atoms with van der Waals surface area (Å²) in [6.45, 7) is 4.14. The molecule has 0 aliphatic rings. The number of nitrogens with one attached hydrogen (secondary N) is 2. The third kappa shape index (κ3) is 7.12. The summed E-state index contributed by atoms with van der Waals surface area (Å²) in [4.78, 5) is 24.1. The standard InChI is InChI=1S/C20H22Cl2N2O3/c1-13(2)23-20(26)14-5-3-6-16(11-14)24-19(25)7-4-10-27-18-9-8-15(21)12-17(18)22/h3,5-6,8-9,11-13H,4,7,10H2,1-2H3,(H,23,26)(H,24,25). The summed E-state index contributed by atoms with van der Waals surface area (Å²) in [7, 11) is 0. The number of carbonyl (C=O) groups excluding carboxylic acids is 2. The van der Waals surface area contributed by atoms with Gasteiger partial charge in [0.15, 0.2) is 0 Å². The molecule has 0 fully saturated rings. The molecule has 2 amide bonds. The van der Waals surface area contributed by atoms with E-state index in [1.165, 1.54) is 0 Å². The Morgan fingerprint density at radius 3 is 2.59 bits per heavy atom. The molecule has 0 spiro atoms. The van der Waals surface area contributed by atoms with Crippen LogP contribution in [0, 0.1) is 0 Å². The minimum Gasteiger partial charge on any atom is -0.492 e. The number of ether oxygens (including phenoxy) is 1. The molecule has 0 saturated carbocycles. The summed E-state index contributed by atoms with van der Waals surface area (Å²) in [5.74, 6) is 0.210. The Hall–Kier alpha value is -2.24. The molecule has 0 bridgehead atoms. The molecule has 0 unspecified atom stereocenters. The first-order valence-corrected chi connectivity index (χ1v) is 9.39. The first-order chi connectivity index (χ1) is 12.8. The predicted octanol–water partition coefficient (Wildman–Crippen LogP) is 4.93. The van der Waals surface area contributed by atoms with Crippen molar-refractivity contribution in [2.75, 3.05) is 11.9 Å². The predicted molar refractivity (Wildman–Crippen MR) is 109 cm³/mol. The largest absolute Gasteiger partial charge is 0.492 e. The molecule has 2 N–H and O–H groups in total. The van der Waals surface area contributed by atoms with Crippen LogP contribution in [0.25, 0.3) is 0 Å². The summed E-state index contributed by atoms with van der Waals surface area (Å²) < 4.78 is 5.56. The molecule has 144 valence electrons. The van der Waals surface area contributed by atoms with Crippen molar-refractivity contribution < 1.29 is 14.3 Å². The van der Waals surface area contributed by atoms with Crippen LogP contribution in [-0.4, -0.2) is 24.5 Å². The first-order valence-electron chi connectivity index (χ1n) is 8.64. The van der Waals surface area contributed by atoms with Crippen molar-refractivity contribution in [3.05, 3.63) is 58.1 Å². The summed E-state index contributed by atoms with van der Waals surface area (Å²) in [5, 5.41) is 6.58. The number of rotatable bonds is 8. The highest BCUT2D eigenvalue weighted by molar-refractivity contribution is 6.35. The van der Waals surface area contributed by atoms with Gasteiger partial charge in [0.05, 0.1) is 11.6 Å². The quantitative estimate of drug-likeness (QED) is 0.608. The van der Waals surface area contributed by atoms with Crippen molar-refractivity contribution in [3.8, 4) is 5.75 Å². The minimum absolute atomic E-state index is 0.0462. The molecule has 2 aromatic carbocycles. The number of benzene rings is 2. The molecular formula is C20H22Cl2N2O3. The van der Waals surface area contributed by atoms with Crippen molar-refractivity contribution in [2.24, 2.45) is 0 Å². The van der Waals surface area contributed by atoms with E-state index in [-0.39, 0.29) is 24.3 Å². The van der Waals surface area contributed by atoms with Gasteiger partial charge in [-0.25, -0.2) is 0 Å². The maximum absolute atomic E-state index is 12.1. The molecular weight excluding hydrogens is 387 g/mol. The zero-order chi connectivity index (χ0) is 19.8. The molecule has 0 aliphatic carbocycles. The molecule has 7 heteroatoms. The SMILES string of the molecule is CC(C)NC(=O)c1cccc(NC(=O)CCCOc2ccc(Cl)cc2Cl)c1. The van der Waals surface area contributed by atoms with Gasteiger partial charge in [0.25, 0.3) is 5.91 Å². The maximum Gasteiger partial charge on any atom is 0.251 e. The molecule has 2 rings (SSSR count). The lowest BCUT2D eigenvalue weighted by Crippen LogP contribution is -2.30. The average molecular weight is 409 g/mol. The van der Waals surface area contributed by atoms with E-state index in [1.54, 1.807) is 42.5 Å². The van der Waals surface area contributed by atoms with Crippen LogP contribution in [0.4, 0.5) is 5.69 Å². The molecule has 0 radical (unpaired) electrons. The normalized spacial score (nSPS) is 10.6. The summed E-state index contributed by atoms with van der Waals surface area (Å²) in [5.41, 5.74) is 1.08. The highest BCUT2D eigenvalue weighted by Gasteiger charge is 2.09. The van der Waals surface area contributed by atoms with Crippen LogP contribution in [0.5, 0.6) is 5.75 Å². The molecule has 0 atom stereocenters. The Balaban J connectivity index is 1.79. The first kappa shape index (κ1) is 21.1. The fourth-order valence-corrected chi connectivity index (χ4v) is 2.78. The molecule has 5 nitrogen and oxygen atoms in total. The fourth-order valence-electron chi connectivity index (χ4n) is 2.31. The molecule has 0 saturated heterocycles. The number of anilines is 1. The number of carbonyl (C=O) groups is 2. The van der Waals surface area contributed by atoms with Crippen LogP contribution >= 0.6 is 23.2 Å². The Bertz CT molecular complexity index is 810. The van der Waals surface area contributed by atoms with Gasteiger partial charge in [0, 0.05) is 28.7 Å². The van der Waals surface area contributed by atoms with E-state index < -0.39 is 0 Å². The monoisotopic (exact) mass is 408 g/mol. The Morgan fingerprint density at radius 1 is 1.11 bits per heavy atom. The Morgan fingerprint density at radius 2 is 1.89 bits per heavy atom. The van der Waals surface area contributed by atoms with Crippen LogP contribution in [0.1, 0.15) is 37.0 Å². The van der Waals surface area contributed by atoms with E-state index in [2.05, 4.69) is 10.6 Å². The molecule has 0 aromatic heterocycles. The van der Waals surface area contributed by atoms with Crippen molar-refractivity contribution in [1.29, 1.82) is 0 Å². The molecule has 0 aliphatic heterocycles. The number of amides is 2. The van der Waals surface area contributed by atoms with Crippen LogP contribution in [-0.2, 0) is 4.79 Å². The second-order valence-electron chi connectivity index (χ2n) is 6.28. The van der Waals surface area contributed by atoms with E-state index in [0.717, 1.165) is 0 Å². The van der Waals surface area contributed by atoms with Crippen molar-refractivity contribution >= 4 is 40.7 Å². The summed E-state index contributed by atoms with van der Waals surface area (Å²) >= 11 is 11.9. The number of hydrogen-bond donors (Lipinski definition) is 2. The third-order valence-electron chi connectivity index (χ3n) is 3.53. The zero-order valence-corrected chi connectivity index (χ0v) is 16.7. The van der Waals surface area contributed by atoms with Gasteiger partial charge >= 0.3 is 0 Å². The molecule has 27 heavy (non-hydrogen) atoms. The second-order valence-corrected chi connectivity index (χ2v) is 7.13. The van der Waals surface area contributed by atoms with Crippen LogP contribution in [0.2, 0.25) is 10.0 Å². The van der Waals surface area contributed by atoms with Gasteiger partial charge in [-0.1, -0.05) is 29.3 Å². The van der Waals surface area contributed by atoms with Gasteiger partial charge in [-0.2, -0.15) is 0 Å². The van der Waals surface area contributed by atoms with Gasteiger partial charge in [-0.3, -0.25) is 9.59 Å². The van der Waals surface area contributed by atoms with Crippen molar-refractivity contribution in [1.82, 2.24) is 5.32 Å². The Labute approximate surface area is 169 Å². The van der Waals surface area contributed by atoms with Gasteiger partial charge in [-0.05, 0) is 56.7 Å².